The van der Waals surface area contributed by atoms with Gasteiger partial charge in [-0.3, -0.25) is 9.80 Å². The highest BCUT2D eigenvalue weighted by Crippen LogP contribution is 2.44. The third kappa shape index (κ3) is 4.27. The second kappa shape index (κ2) is 7.44. The Morgan fingerprint density at radius 3 is 2.00 bits per heavy atom. The fraction of sp³-hybridized carbons (Fsp3) is 1.00. The number of ether oxygens (including phenoxy) is 3. The lowest BCUT2D eigenvalue weighted by Crippen LogP contribution is -2.54. The Hall–Kier alpha value is -0.200. The lowest BCUT2D eigenvalue weighted by molar-refractivity contribution is -0.126. The molecule has 5 fully saturated rings. The first-order chi connectivity index (χ1) is 13.7. The van der Waals surface area contributed by atoms with Gasteiger partial charge in [0.05, 0.1) is 42.7 Å². The van der Waals surface area contributed by atoms with Gasteiger partial charge >= 0.3 is 0 Å². The highest BCUT2D eigenvalue weighted by Gasteiger charge is 2.50. The van der Waals surface area contributed by atoms with Crippen molar-refractivity contribution >= 4 is 0 Å². The normalized spacial score (nSPS) is 40.9. The van der Waals surface area contributed by atoms with Gasteiger partial charge < -0.3 is 14.2 Å². The second-order valence-electron chi connectivity index (χ2n) is 12.1. The number of piperidine rings is 2. The summed E-state index contributed by atoms with van der Waals surface area (Å²) in [4.78, 5) is 5.43. The number of nitrogens with zero attached hydrogens (tertiary/aromatic N) is 2. The van der Waals surface area contributed by atoms with Gasteiger partial charge in [-0.25, -0.2) is 0 Å². The molecular weight excluding hydrogens is 364 g/mol. The fourth-order valence-electron chi connectivity index (χ4n) is 6.70. The Kier molecular flexibility index (Phi) is 5.31. The Bertz CT molecular complexity index is 599. The van der Waals surface area contributed by atoms with Crippen LogP contribution in [0.5, 0.6) is 0 Å². The second-order valence-corrected chi connectivity index (χ2v) is 12.1. The quantitative estimate of drug-likeness (QED) is 0.648. The van der Waals surface area contributed by atoms with E-state index in [4.69, 9.17) is 14.2 Å². The summed E-state index contributed by atoms with van der Waals surface area (Å²) in [5.41, 5.74) is -0.0413. The third-order valence-electron chi connectivity index (χ3n) is 8.18. The predicted molar refractivity (Wildman–Crippen MR) is 114 cm³/mol. The van der Waals surface area contributed by atoms with Crippen molar-refractivity contribution in [3.8, 4) is 0 Å². The van der Waals surface area contributed by atoms with Crippen molar-refractivity contribution in [1.29, 1.82) is 0 Å². The molecule has 4 bridgehead atoms. The van der Waals surface area contributed by atoms with Crippen molar-refractivity contribution in [3.05, 3.63) is 0 Å². The van der Waals surface area contributed by atoms with E-state index >= 15 is 0 Å². The average molecular weight is 407 g/mol. The van der Waals surface area contributed by atoms with Gasteiger partial charge in [0.1, 0.15) is 0 Å². The van der Waals surface area contributed by atoms with Crippen molar-refractivity contribution in [2.75, 3.05) is 32.8 Å². The molecule has 0 N–H and O–H groups in total. The summed E-state index contributed by atoms with van der Waals surface area (Å²) in [5, 5.41) is 0. The van der Waals surface area contributed by atoms with E-state index in [1.807, 2.05) is 0 Å². The zero-order valence-corrected chi connectivity index (χ0v) is 19.2. The topological polar surface area (TPSA) is 34.2 Å². The summed E-state index contributed by atoms with van der Waals surface area (Å²) >= 11 is 0. The first kappa shape index (κ1) is 20.7. The SMILES string of the molecule is CC(C)(C)OC1CC2CC1CN2CCC(C)(C)OC1CC2CC1CN2C1COC1. The van der Waals surface area contributed by atoms with Gasteiger partial charge in [-0.05, 0) is 78.6 Å². The highest BCUT2D eigenvalue weighted by atomic mass is 16.5. The minimum absolute atomic E-state index is 0.0162. The monoisotopic (exact) mass is 406 g/mol. The summed E-state index contributed by atoms with van der Waals surface area (Å²) in [7, 11) is 0. The third-order valence-corrected chi connectivity index (χ3v) is 8.18. The molecular formula is C24H42N2O3. The van der Waals surface area contributed by atoms with Crippen LogP contribution < -0.4 is 0 Å². The van der Waals surface area contributed by atoms with Gasteiger partial charge in [0, 0.05) is 31.7 Å². The van der Waals surface area contributed by atoms with Crippen LogP contribution in [0.2, 0.25) is 0 Å². The van der Waals surface area contributed by atoms with Crippen LogP contribution in [-0.4, -0.2) is 84.2 Å². The van der Waals surface area contributed by atoms with E-state index in [2.05, 4.69) is 44.4 Å². The number of hydrogen-bond donors (Lipinski definition) is 0. The molecule has 0 aromatic rings. The van der Waals surface area contributed by atoms with Gasteiger partial charge in [0.25, 0.3) is 0 Å². The molecule has 6 atom stereocenters. The molecule has 29 heavy (non-hydrogen) atoms. The summed E-state index contributed by atoms with van der Waals surface area (Å²) < 4.78 is 18.5. The smallest absolute Gasteiger partial charge is 0.0645 e. The molecule has 166 valence electrons. The van der Waals surface area contributed by atoms with Gasteiger partial charge in [-0.15, -0.1) is 0 Å². The summed E-state index contributed by atoms with van der Waals surface area (Å²) in [6.07, 6.45) is 7.18. The molecule has 5 aliphatic rings. The van der Waals surface area contributed by atoms with E-state index in [9.17, 15) is 0 Å². The Morgan fingerprint density at radius 1 is 0.793 bits per heavy atom. The molecule has 3 aliphatic heterocycles. The molecule has 0 aromatic carbocycles. The van der Waals surface area contributed by atoms with E-state index in [0.29, 0.717) is 18.2 Å². The maximum Gasteiger partial charge on any atom is 0.0645 e. The molecule has 0 radical (unpaired) electrons. The Morgan fingerprint density at radius 2 is 1.45 bits per heavy atom. The van der Waals surface area contributed by atoms with Crippen LogP contribution in [0.4, 0.5) is 0 Å². The van der Waals surface area contributed by atoms with E-state index in [-0.39, 0.29) is 11.2 Å². The van der Waals surface area contributed by atoms with Crippen LogP contribution in [0.3, 0.4) is 0 Å². The lowest BCUT2D eigenvalue weighted by atomic mass is 9.99. The molecule has 3 saturated heterocycles. The maximum absolute atomic E-state index is 6.73. The largest absolute Gasteiger partial charge is 0.378 e. The number of rotatable bonds is 7. The van der Waals surface area contributed by atoms with Gasteiger partial charge in [0.15, 0.2) is 0 Å². The fourth-order valence-corrected chi connectivity index (χ4v) is 6.70. The van der Waals surface area contributed by atoms with E-state index < -0.39 is 0 Å². The number of hydrogen-bond acceptors (Lipinski definition) is 5. The van der Waals surface area contributed by atoms with E-state index in [0.717, 1.165) is 43.6 Å². The maximum atomic E-state index is 6.73. The summed E-state index contributed by atoms with van der Waals surface area (Å²) in [5.74, 6) is 1.47. The van der Waals surface area contributed by atoms with Crippen LogP contribution in [0.1, 0.15) is 66.7 Å². The van der Waals surface area contributed by atoms with E-state index in [1.54, 1.807) is 0 Å². The molecule has 5 nitrogen and oxygen atoms in total. The molecule has 0 amide bonds. The number of likely N-dealkylation sites (tertiary alicyclic amines) is 2. The molecule has 2 aliphatic carbocycles. The first-order valence-electron chi connectivity index (χ1n) is 12.1. The molecule has 2 saturated carbocycles. The van der Waals surface area contributed by atoms with Crippen molar-refractivity contribution < 1.29 is 14.2 Å². The van der Waals surface area contributed by atoms with Crippen LogP contribution in [0.15, 0.2) is 0 Å². The zero-order chi connectivity index (χ0) is 20.4. The molecule has 5 heteroatoms. The lowest BCUT2D eigenvalue weighted by Gasteiger charge is -2.43. The van der Waals surface area contributed by atoms with Crippen LogP contribution in [-0.2, 0) is 14.2 Å². The predicted octanol–water partition coefficient (Wildman–Crippen LogP) is 3.31. The minimum atomic E-state index is -0.0251. The summed E-state index contributed by atoms with van der Waals surface area (Å²) in [6, 6.07) is 2.16. The standard InChI is InChI=1S/C24H42N2O3/c1-23(2,3)28-21-10-18-8-16(21)12-25(18)7-6-24(4,5)29-22-11-19-9-17(22)13-26(19)20-14-27-15-20/h16-22H,6-15H2,1-5H3. The van der Waals surface area contributed by atoms with Crippen molar-refractivity contribution in [2.24, 2.45) is 11.8 Å². The van der Waals surface area contributed by atoms with Crippen LogP contribution in [0, 0.1) is 11.8 Å². The van der Waals surface area contributed by atoms with Gasteiger partial charge in [0.2, 0.25) is 0 Å². The zero-order valence-electron chi connectivity index (χ0n) is 19.2. The highest BCUT2D eigenvalue weighted by molar-refractivity contribution is 5.03. The number of fused-ring (bicyclic) bond motifs is 4. The van der Waals surface area contributed by atoms with Crippen LogP contribution in [0.25, 0.3) is 0 Å². The van der Waals surface area contributed by atoms with Gasteiger partial charge in [-0.2, -0.15) is 0 Å². The summed E-state index contributed by atoms with van der Waals surface area (Å²) in [6.45, 7) is 16.7. The van der Waals surface area contributed by atoms with Crippen molar-refractivity contribution in [1.82, 2.24) is 9.80 Å². The van der Waals surface area contributed by atoms with E-state index in [1.165, 1.54) is 45.3 Å². The molecule has 0 spiro atoms. The van der Waals surface area contributed by atoms with Crippen LogP contribution >= 0.6 is 0 Å². The minimum Gasteiger partial charge on any atom is -0.378 e. The first-order valence-corrected chi connectivity index (χ1v) is 12.1. The molecule has 3 heterocycles. The Balaban J connectivity index is 1.07. The van der Waals surface area contributed by atoms with Gasteiger partial charge in [-0.1, -0.05) is 0 Å². The molecule has 5 rings (SSSR count). The Labute approximate surface area is 177 Å². The molecule has 0 aromatic heterocycles. The van der Waals surface area contributed by atoms with Crippen molar-refractivity contribution in [2.45, 2.75) is 108 Å². The average Bonchev–Trinajstić information content (AvgIpc) is 3.29. The molecule has 6 unspecified atom stereocenters. The van der Waals surface area contributed by atoms with Crippen molar-refractivity contribution in [3.63, 3.8) is 0 Å².